The van der Waals surface area contributed by atoms with Gasteiger partial charge >= 0.3 is 17.9 Å². The number of esters is 3. The Hall–Kier alpha value is -2.12. The Balaban J connectivity index is 3.19. The average molecular weight is 614 g/mol. The van der Waals surface area contributed by atoms with Crippen LogP contribution in [0.5, 0.6) is 0 Å². The quantitative estimate of drug-likeness (QED) is 0.268. The van der Waals surface area contributed by atoms with E-state index in [1.165, 1.54) is 0 Å². The number of hydrogen-bond acceptors (Lipinski definition) is 12. The topological polar surface area (TPSA) is 135 Å². The molecule has 1 saturated heterocycles. The van der Waals surface area contributed by atoms with Crippen molar-refractivity contribution >= 4 is 23.7 Å². The molecule has 1 heterocycles. The number of ketones is 1. The number of rotatable bonds is 11. The average Bonchev–Trinajstić information content (AvgIpc) is 2.80. The van der Waals surface area contributed by atoms with Crippen LogP contribution in [0.4, 0.5) is 0 Å². The van der Waals surface area contributed by atoms with Crippen molar-refractivity contribution in [3.63, 3.8) is 0 Å². The first-order valence-electron chi connectivity index (χ1n) is 15.5. The Morgan fingerprint density at radius 3 is 1.00 bits per heavy atom. The van der Waals surface area contributed by atoms with E-state index in [4.69, 9.17) is 19.9 Å². The molecular formula is C31H59N5O7. The molecule has 12 heteroatoms. The molecule has 1 fully saturated rings. The summed E-state index contributed by atoms with van der Waals surface area (Å²) in [5.74, 6) is -0.877. The number of nitrogens with two attached hydrogens (primary N) is 1. The fraction of sp³-hybridized carbons (Fsp3) is 0.871. The summed E-state index contributed by atoms with van der Waals surface area (Å²) in [5.41, 5.74) is 3.79. The molecule has 2 N–H and O–H groups in total. The fourth-order valence-electron chi connectivity index (χ4n) is 4.51. The second kappa shape index (κ2) is 18.0. The molecule has 0 saturated carbocycles. The van der Waals surface area contributed by atoms with Gasteiger partial charge in [0.2, 0.25) is 0 Å². The lowest BCUT2D eigenvalue weighted by molar-refractivity contribution is -0.158. The molecule has 0 unspecified atom stereocenters. The zero-order chi connectivity index (χ0) is 32.8. The molecular weight excluding hydrogens is 554 g/mol. The van der Waals surface area contributed by atoms with Gasteiger partial charge < -0.3 is 19.9 Å². The van der Waals surface area contributed by atoms with Crippen LogP contribution in [-0.4, -0.2) is 145 Å². The maximum atomic E-state index is 12.8. The molecule has 0 amide bonds. The molecule has 43 heavy (non-hydrogen) atoms. The first kappa shape index (κ1) is 38.9. The van der Waals surface area contributed by atoms with Crippen LogP contribution >= 0.6 is 0 Å². The summed E-state index contributed by atoms with van der Waals surface area (Å²) in [5, 5.41) is 0. The molecule has 0 aromatic rings. The van der Waals surface area contributed by atoms with E-state index in [1.54, 1.807) is 0 Å². The highest BCUT2D eigenvalue weighted by Crippen LogP contribution is 2.11. The van der Waals surface area contributed by atoms with Gasteiger partial charge in [0.1, 0.15) is 22.6 Å². The van der Waals surface area contributed by atoms with E-state index < -0.39 is 16.8 Å². The van der Waals surface area contributed by atoms with Gasteiger partial charge in [-0.1, -0.05) is 0 Å². The van der Waals surface area contributed by atoms with Crippen molar-refractivity contribution in [2.24, 2.45) is 5.73 Å². The molecule has 1 aliphatic heterocycles. The maximum absolute atomic E-state index is 12.8. The monoisotopic (exact) mass is 613 g/mol. The van der Waals surface area contributed by atoms with Crippen LogP contribution in [0.15, 0.2) is 0 Å². The van der Waals surface area contributed by atoms with Crippen LogP contribution in [0.25, 0.3) is 0 Å². The van der Waals surface area contributed by atoms with Crippen LogP contribution in [0, 0.1) is 0 Å². The lowest BCUT2D eigenvalue weighted by atomic mass is 10.2. The molecule has 250 valence electrons. The van der Waals surface area contributed by atoms with Crippen LogP contribution in [0.2, 0.25) is 0 Å². The van der Waals surface area contributed by atoms with E-state index in [1.807, 2.05) is 77.0 Å². The molecule has 0 aromatic heterocycles. The van der Waals surface area contributed by atoms with E-state index >= 15 is 0 Å². The van der Waals surface area contributed by atoms with E-state index in [2.05, 4.69) is 4.90 Å². The van der Waals surface area contributed by atoms with Crippen molar-refractivity contribution in [2.45, 2.75) is 92.0 Å². The third-order valence-electron chi connectivity index (χ3n) is 6.31. The third-order valence-corrected chi connectivity index (χ3v) is 6.31. The van der Waals surface area contributed by atoms with Crippen molar-refractivity contribution in [3.05, 3.63) is 0 Å². The number of nitrogens with zero attached hydrogens (tertiary/aromatic N) is 4. The van der Waals surface area contributed by atoms with Crippen molar-refractivity contribution in [3.8, 4) is 0 Å². The van der Waals surface area contributed by atoms with Crippen LogP contribution in [0.1, 0.15) is 75.2 Å². The SMILES string of the molecule is CC(C)(C)OC(=O)CN1CCN(CC(=O)CCCN)CCN(CC(=O)OC(C)(C)C)CCN(CC(=O)OC(C)(C)C)CC1. The van der Waals surface area contributed by atoms with E-state index in [0.717, 1.165) is 0 Å². The van der Waals surface area contributed by atoms with E-state index in [-0.39, 0.29) is 49.9 Å². The summed E-state index contributed by atoms with van der Waals surface area (Å²) in [4.78, 5) is 59.1. The zero-order valence-corrected chi connectivity index (χ0v) is 28.3. The van der Waals surface area contributed by atoms with Crippen molar-refractivity contribution in [2.75, 3.05) is 85.1 Å². The van der Waals surface area contributed by atoms with Gasteiger partial charge in [-0.05, 0) is 75.3 Å². The highest BCUT2D eigenvalue weighted by Gasteiger charge is 2.25. The molecule has 1 rings (SSSR count). The number of carbonyl (C=O) groups is 4. The van der Waals surface area contributed by atoms with E-state index in [0.29, 0.717) is 71.7 Å². The highest BCUT2D eigenvalue weighted by atomic mass is 16.6. The number of carbonyl (C=O) groups excluding carboxylic acids is 4. The Kier molecular flexibility index (Phi) is 16.3. The molecule has 0 aliphatic carbocycles. The minimum atomic E-state index is -0.611. The number of ether oxygens (including phenoxy) is 3. The molecule has 0 radical (unpaired) electrons. The lowest BCUT2D eigenvalue weighted by Crippen LogP contribution is -2.50. The van der Waals surface area contributed by atoms with Crippen molar-refractivity contribution in [1.82, 2.24) is 19.6 Å². The third kappa shape index (κ3) is 20.5. The lowest BCUT2D eigenvalue weighted by Gasteiger charge is -2.34. The standard InChI is InChI=1S/C31H59N5O7/c1-29(2,3)41-26(38)22-34-15-13-33(21-25(37)11-10-12-32)14-16-35(23-27(39)42-30(4,5)6)18-20-36(19-17-34)24-28(40)43-31(7,8)9/h10-24,32H2,1-9H3. The smallest absolute Gasteiger partial charge is 0.320 e. The Bertz CT molecular complexity index is 846. The van der Waals surface area contributed by atoms with Gasteiger partial charge in [0.05, 0.1) is 26.2 Å². The van der Waals surface area contributed by atoms with Crippen molar-refractivity contribution < 1.29 is 33.4 Å². The number of Topliss-reactive ketones (excluding diaryl/α,β-unsaturated/α-hetero) is 1. The second-order valence-electron chi connectivity index (χ2n) is 14.3. The summed E-state index contributed by atoms with van der Waals surface area (Å²) < 4.78 is 16.7. The fourth-order valence-corrected chi connectivity index (χ4v) is 4.51. The first-order valence-corrected chi connectivity index (χ1v) is 15.5. The molecule has 0 bridgehead atoms. The van der Waals surface area contributed by atoms with Gasteiger partial charge in [-0.25, -0.2) is 0 Å². The zero-order valence-electron chi connectivity index (χ0n) is 28.3. The molecule has 1 aliphatic rings. The minimum Gasteiger partial charge on any atom is -0.459 e. The minimum absolute atomic E-state index is 0.0829. The van der Waals surface area contributed by atoms with Gasteiger partial charge in [0, 0.05) is 58.8 Å². The summed E-state index contributed by atoms with van der Waals surface area (Å²) in [7, 11) is 0. The molecule has 12 nitrogen and oxygen atoms in total. The van der Waals surface area contributed by atoms with Gasteiger partial charge in [-0.15, -0.1) is 0 Å². The predicted octanol–water partition coefficient (Wildman–Crippen LogP) is 1.54. The van der Waals surface area contributed by atoms with Crippen LogP contribution in [-0.2, 0) is 33.4 Å². The first-order chi connectivity index (χ1) is 19.7. The normalized spacial score (nSPS) is 17.9. The Morgan fingerprint density at radius 1 is 0.512 bits per heavy atom. The molecule has 0 atom stereocenters. The van der Waals surface area contributed by atoms with Gasteiger partial charge in [-0.2, -0.15) is 0 Å². The Labute approximate surface area is 259 Å². The van der Waals surface area contributed by atoms with E-state index in [9.17, 15) is 19.2 Å². The second-order valence-corrected chi connectivity index (χ2v) is 14.3. The van der Waals surface area contributed by atoms with Crippen molar-refractivity contribution in [1.29, 1.82) is 0 Å². The van der Waals surface area contributed by atoms with Gasteiger partial charge in [0.15, 0.2) is 0 Å². The summed E-state index contributed by atoms with van der Waals surface area (Å²) in [6.07, 6.45) is 1.05. The molecule has 0 spiro atoms. The summed E-state index contributed by atoms with van der Waals surface area (Å²) in [6.45, 7) is 21.6. The van der Waals surface area contributed by atoms with Gasteiger partial charge in [-0.3, -0.25) is 38.8 Å². The number of hydrogen-bond donors (Lipinski definition) is 1. The molecule has 0 aromatic carbocycles. The van der Waals surface area contributed by atoms with Crippen LogP contribution in [0.3, 0.4) is 0 Å². The van der Waals surface area contributed by atoms with Crippen LogP contribution < -0.4 is 5.73 Å². The Morgan fingerprint density at radius 2 is 0.767 bits per heavy atom. The summed E-state index contributed by atoms with van der Waals surface area (Å²) in [6, 6.07) is 0. The maximum Gasteiger partial charge on any atom is 0.320 e. The van der Waals surface area contributed by atoms with Gasteiger partial charge in [0.25, 0.3) is 0 Å². The summed E-state index contributed by atoms with van der Waals surface area (Å²) >= 11 is 0. The largest absolute Gasteiger partial charge is 0.459 e. The highest BCUT2D eigenvalue weighted by molar-refractivity contribution is 5.80. The predicted molar refractivity (Wildman–Crippen MR) is 167 cm³/mol.